The van der Waals surface area contributed by atoms with Gasteiger partial charge in [-0.3, -0.25) is 4.79 Å². The van der Waals surface area contributed by atoms with Gasteiger partial charge in [0.05, 0.1) is 13.2 Å². The van der Waals surface area contributed by atoms with Crippen LogP contribution in [0.1, 0.15) is 27.2 Å². The molecule has 0 bridgehead atoms. The Morgan fingerprint density at radius 2 is 1.62 bits per heavy atom. The summed E-state index contributed by atoms with van der Waals surface area (Å²) in [4.78, 5) is 9.00. The highest BCUT2D eigenvalue weighted by atomic mass is 16.5. The molecule has 0 aromatic rings. The Balaban J connectivity index is 0. The van der Waals surface area contributed by atoms with Gasteiger partial charge in [-0.1, -0.05) is 6.92 Å². The third kappa shape index (κ3) is 34.6. The zero-order chi connectivity index (χ0) is 10.5. The minimum atomic E-state index is -0.833. The van der Waals surface area contributed by atoms with Crippen molar-refractivity contribution in [2.75, 3.05) is 26.4 Å². The number of hydrogen-bond donors (Lipinski definition) is 1. The van der Waals surface area contributed by atoms with Crippen LogP contribution in [0.2, 0.25) is 0 Å². The van der Waals surface area contributed by atoms with Crippen LogP contribution in [-0.4, -0.2) is 37.5 Å². The quantitative estimate of drug-likeness (QED) is 0.648. The molecule has 0 unspecified atom stereocenters. The maximum absolute atomic E-state index is 9.00. The molecule has 0 atom stereocenters. The topological polar surface area (TPSA) is 55.8 Å². The van der Waals surface area contributed by atoms with Gasteiger partial charge in [-0.25, -0.2) is 0 Å². The van der Waals surface area contributed by atoms with Crippen molar-refractivity contribution in [2.45, 2.75) is 27.2 Å². The second-order valence-corrected chi connectivity index (χ2v) is 2.33. The summed E-state index contributed by atoms with van der Waals surface area (Å²) in [6.45, 7) is 8.28. The van der Waals surface area contributed by atoms with Crippen LogP contribution in [0.15, 0.2) is 0 Å². The van der Waals surface area contributed by atoms with Crippen LogP contribution in [0.5, 0.6) is 0 Å². The average Bonchev–Trinajstić information content (AvgIpc) is 2.03. The molecule has 0 amide bonds. The van der Waals surface area contributed by atoms with Gasteiger partial charge in [-0.05, 0) is 13.3 Å². The van der Waals surface area contributed by atoms with Gasteiger partial charge in [0.15, 0.2) is 0 Å². The molecule has 0 radical (unpaired) electrons. The molecule has 1 N–H and O–H groups in total. The summed E-state index contributed by atoms with van der Waals surface area (Å²) in [6.07, 6.45) is 1.09. The van der Waals surface area contributed by atoms with E-state index in [1.807, 2.05) is 6.92 Å². The van der Waals surface area contributed by atoms with Crippen molar-refractivity contribution >= 4 is 5.97 Å². The normalized spacial score (nSPS) is 8.85. The fourth-order valence-electron chi connectivity index (χ4n) is 0.509. The molecular weight excluding hydrogens is 172 g/mol. The molecule has 13 heavy (non-hydrogen) atoms. The molecule has 0 saturated heterocycles. The van der Waals surface area contributed by atoms with E-state index < -0.39 is 5.97 Å². The molecule has 0 saturated carbocycles. The second-order valence-electron chi connectivity index (χ2n) is 2.33. The van der Waals surface area contributed by atoms with Gasteiger partial charge in [-0.15, -0.1) is 0 Å². The van der Waals surface area contributed by atoms with Gasteiger partial charge in [-0.2, -0.15) is 0 Å². The van der Waals surface area contributed by atoms with E-state index in [-0.39, 0.29) is 0 Å². The monoisotopic (exact) mass is 192 g/mol. The lowest BCUT2D eigenvalue weighted by molar-refractivity contribution is -0.134. The van der Waals surface area contributed by atoms with E-state index in [9.17, 15) is 0 Å². The number of carboxylic acids is 1. The van der Waals surface area contributed by atoms with E-state index in [0.29, 0.717) is 0 Å². The first-order chi connectivity index (χ1) is 6.15. The van der Waals surface area contributed by atoms with Crippen molar-refractivity contribution < 1.29 is 19.4 Å². The predicted octanol–water partition coefficient (Wildman–Crippen LogP) is 1.54. The molecule has 4 nitrogen and oxygen atoms in total. The van der Waals surface area contributed by atoms with E-state index in [2.05, 4.69) is 6.92 Å². The maximum atomic E-state index is 9.00. The second kappa shape index (κ2) is 13.9. The first-order valence-corrected chi connectivity index (χ1v) is 4.50. The Morgan fingerprint density at radius 3 is 2.00 bits per heavy atom. The third-order valence-corrected chi connectivity index (χ3v) is 0.925. The first kappa shape index (κ1) is 14.9. The summed E-state index contributed by atoms with van der Waals surface area (Å²) in [5.74, 6) is -0.833. The van der Waals surface area contributed by atoms with E-state index in [4.69, 9.17) is 19.4 Å². The zero-order valence-corrected chi connectivity index (χ0v) is 8.71. The molecule has 0 aliphatic carbocycles. The van der Waals surface area contributed by atoms with Crippen molar-refractivity contribution in [1.82, 2.24) is 0 Å². The Kier molecular flexibility index (Phi) is 16.0. The standard InChI is InChI=1S/C7H16O2.C2H4O2/c1-3-5-9-7-6-8-4-2;1-2(3)4/h3-7H2,1-2H3;1H3,(H,3,4). The van der Waals surface area contributed by atoms with Gasteiger partial charge in [0.2, 0.25) is 0 Å². The van der Waals surface area contributed by atoms with Crippen molar-refractivity contribution in [3.05, 3.63) is 0 Å². The number of carboxylic acid groups (broad SMARTS) is 1. The largest absolute Gasteiger partial charge is 0.481 e. The number of aliphatic carboxylic acids is 1. The molecule has 0 spiro atoms. The molecule has 4 heteroatoms. The molecule has 0 aromatic heterocycles. The van der Waals surface area contributed by atoms with Gasteiger partial charge in [0, 0.05) is 20.1 Å². The molecular formula is C9H20O4. The molecule has 0 rings (SSSR count). The average molecular weight is 192 g/mol. The number of ether oxygens (including phenoxy) is 2. The van der Waals surface area contributed by atoms with Crippen LogP contribution >= 0.6 is 0 Å². The summed E-state index contributed by atoms with van der Waals surface area (Å²) < 4.78 is 10.2. The van der Waals surface area contributed by atoms with Crippen LogP contribution in [0.25, 0.3) is 0 Å². The zero-order valence-electron chi connectivity index (χ0n) is 8.71. The Labute approximate surface area is 79.8 Å². The Bertz CT molecular complexity index is 93.8. The highest BCUT2D eigenvalue weighted by Crippen LogP contribution is 1.80. The first-order valence-electron chi connectivity index (χ1n) is 4.50. The Hall–Kier alpha value is -0.610. The number of carbonyl (C=O) groups is 1. The van der Waals surface area contributed by atoms with E-state index in [0.717, 1.165) is 39.8 Å². The van der Waals surface area contributed by atoms with Crippen LogP contribution < -0.4 is 0 Å². The number of rotatable bonds is 6. The van der Waals surface area contributed by atoms with Crippen molar-refractivity contribution in [2.24, 2.45) is 0 Å². The van der Waals surface area contributed by atoms with Gasteiger partial charge < -0.3 is 14.6 Å². The maximum Gasteiger partial charge on any atom is 0.300 e. The minimum absolute atomic E-state index is 0.733. The van der Waals surface area contributed by atoms with Crippen molar-refractivity contribution in [1.29, 1.82) is 0 Å². The Morgan fingerprint density at radius 1 is 1.15 bits per heavy atom. The van der Waals surface area contributed by atoms with E-state index >= 15 is 0 Å². The van der Waals surface area contributed by atoms with Crippen LogP contribution in [0, 0.1) is 0 Å². The highest BCUT2D eigenvalue weighted by molar-refractivity contribution is 5.62. The summed E-state index contributed by atoms with van der Waals surface area (Å²) in [7, 11) is 0. The fraction of sp³-hybridized carbons (Fsp3) is 0.889. The number of hydrogen-bond acceptors (Lipinski definition) is 3. The lowest BCUT2D eigenvalue weighted by atomic mass is 10.5. The summed E-state index contributed by atoms with van der Waals surface area (Å²) in [5.41, 5.74) is 0. The van der Waals surface area contributed by atoms with Crippen LogP contribution in [0.3, 0.4) is 0 Å². The molecule has 0 heterocycles. The fourth-order valence-corrected chi connectivity index (χ4v) is 0.509. The molecule has 0 aliphatic heterocycles. The lowest BCUT2D eigenvalue weighted by Gasteiger charge is -2.00. The third-order valence-electron chi connectivity index (χ3n) is 0.925. The van der Waals surface area contributed by atoms with E-state index in [1.54, 1.807) is 0 Å². The summed E-state index contributed by atoms with van der Waals surface area (Å²) in [5, 5.41) is 7.42. The smallest absolute Gasteiger partial charge is 0.300 e. The molecule has 0 aliphatic rings. The summed E-state index contributed by atoms with van der Waals surface area (Å²) >= 11 is 0. The lowest BCUT2D eigenvalue weighted by Crippen LogP contribution is -2.03. The van der Waals surface area contributed by atoms with E-state index in [1.165, 1.54) is 0 Å². The summed E-state index contributed by atoms with van der Waals surface area (Å²) in [6, 6.07) is 0. The predicted molar refractivity (Wildman–Crippen MR) is 50.9 cm³/mol. The van der Waals surface area contributed by atoms with Gasteiger partial charge in [0.25, 0.3) is 5.97 Å². The van der Waals surface area contributed by atoms with Crippen molar-refractivity contribution in [3.8, 4) is 0 Å². The van der Waals surface area contributed by atoms with Gasteiger partial charge >= 0.3 is 0 Å². The highest BCUT2D eigenvalue weighted by Gasteiger charge is 1.83. The minimum Gasteiger partial charge on any atom is -0.481 e. The molecule has 80 valence electrons. The van der Waals surface area contributed by atoms with Gasteiger partial charge in [0.1, 0.15) is 0 Å². The van der Waals surface area contributed by atoms with Crippen molar-refractivity contribution in [3.63, 3.8) is 0 Å². The SMILES string of the molecule is CC(=O)O.CCCOCCOCC. The molecule has 0 aromatic carbocycles. The van der Waals surface area contributed by atoms with Crippen LogP contribution in [-0.2, 0) is 14.3 Å². The van der Waals surface area contributed by atoms with Crippen LogP contribution in [0.4, 0.5) is 0 Å². The molecule has 0 fully saturated rings.